The molecule has 0 radical (unpaired) electrons. The SMILES string of the molecule is O=C1c2cccc3c(NC4CCN(Cc5ccccc5)C4)ccc(c23)C(=O)N1c1cccc(Cl)c1. The number of likely N-dealkylation sites (tertiary alicyclic amines) is 1. The highest BCUT2D eigenvalue weighted by Crippen LogP contribution is 2.37. The quantitative estimate of drug-likeness (QED) is 0.356. The number of carbonyl (C=O) groups excluding carboxylic acids is 2. The van der Waals surface area contributed by atoms with Crippen molar-refractivity contribution < 1.29 is 9.59 Å². The summed E-state index contributed by atoms with van der Waals surface area (Å²) < 4.78 is 0. The second-order valence-electron chi connectivity index (χ2n) is 9.17. The zero-order valence-electron chi connectivity index (χ0n) is 19.1. The topological polar surface area (TPSA) is 52.7 Å². The average Bonchev–Trinajstić information content (AvgIpc) is 3.30. The van der Waals surface area contributed by atoms with E-state index >= 15 is 0 Å². The van der Waals surface area contributed by atoms with Crippen LogP contribution in [0.15, 0.2) is 84.9 Å². The molecule has 6 rings (SSSR count). The van der Waals surface area contributed by atoms with E-state index in [2.05, 4.69) is 34.5 Å². The van der Waals surface area contributed by atoms with Gasteiger partial charge in [-0.3, -0.25) is 14.5 Å². The largest absolute Gasteiger partial charge is 0.380 e. The minimum absolute atomic E-state index is 0.300. The Hall–Kier alpha value is -3.67. The van der Waals surface area contributed by atoms with Gasteiger partial charge in [0.25, 0.3) is 11.8 Å². The summed E-state index contributed by atoms with van der Waals surface area (Å²) >= 11 is 6.14. The maximum Gasteiger partial charge on any atom is 0.265 e. The molecule has 0 saturated carbocycles. The minimum Gasteiger partial charge on any atom is -0.380 e. The van der Waals surface area contributed by atoms with E-state index in [0.717, 1.165) is 37.1 Å². The highest BCUT2D eigenvalue weighted by molar-refractivity contribution is 6.37. The van der Waals surface area contributed by atoms with Crippen molar-refractivity contribution in [2.75, 3.05) is 23.3 Å². The average molecular weight is 482 g/mol. The Morgan fingerprint density at radius 3 is 2.43 bits per heavy atom. The van der Waals surface area contributed by atoms with Crippen molar-refractivity contribution in [2.24, 2.45) is 0 Å². The summed E-state index contributed by atoms with van der Waals surface area (Å²) in [4.78, 5) is 30.5. The summed E-state index contributed by atoms with van der Waals surface area (Å²) in [5.41, 5.74) is 3.79. The fraction of sp³-hybridized carbons (Fsp3) is 0.172. The van der Waals surface area contributed by atoms with Crippen LogP contribution in [-0.2, 0) is 6.54 Å². The molecule has 2 aliphatic heterocycles. The first-order valence-electron chi connectivity index (χ1n) is 11.8. The van der Waals surface area contributed by atoms with Crippen molar-refractivity contribution in [3.63, 3.8) is 0 Å². The number of nitrogens with one attached hydrogen (secondary N) is 1. The van der Waals surface area contributed by atoms with Gasteiger partial charge >= 0.3 is 0 Å². The lowest BCUT2D eigenvalue weighted by atomic mass is 9.92. The standard InChI is InChI=1S/C29H24ClN3O2/c30-20-8-4-9-22(16-20)33-28(34)24-11-5-10-23-26(13-12-25(27(23)24)29(33)35)31-21-14-15-32(18-21)17-19-6-2-1-3-7-19/h1-13,16,21,31H,14-15,17-18H2. The maximum atomic E-state index is 13.4. The molecule has 1 saturated heterocycles. The summed E-state index contributed by atoms with van der Waals surface area (Å²) in [6.45, 7) is 2.91. The third-order valence-electron chi connectivity index (χ3n) is 6.86. The molecule has 6 heteroatoms. The fourth-order valence-corrected chi connectivity index (χ4v) is 5.41. The lowest BCUT2D eigenvalue weighted by molar-refractivity contribution is 0.0893. The summed E-state index contributed by atoms with van der Waals surface area (Å²) in [5.74, 6) is -0.662. The van der Waals surface area contributed by atoms with Crippen LogP contribution in [0.25, 0.3) is 10.8 Å². The Kier molecular flexibility index (Phi) is 5.51. The monoisotopic (exact) mass is 481 g/mol. The maximum absolute atomic E-state index is 13.4. The first-order valence-corrected chi connectivity index (χ1v) is 12.2. The van der Waals surface area contributed by atoms with Gasteiger partial charge in [-0.15, -0.1) is 0 Å². The highest BCUT2D eigenvalue weighted by Gasteiger charge is 2.35. The van der Waals surface area contributed by atoms with Crippen LogP contribution in [-0.4, -0.2) is 35.8 Å². The number of nitrogens with zero attached hydrogens (tertiary/aromatic N) is 2. The van der Waals surface area contributed by atoms with Crippen molar-refractivity contribution in [1.29, 1.82) is 0 Å². The van der Waals surface area contributed by atoms with Crippen molar-refractivity contribution in [2.45, 2.75) is 19.0 Å². The van der Waals surface area contributed by atoms with Crippen LogP contribution >= 0.6 is 11.6 Å². The summed E-state index contributed by atoms with van der Waals surface area (Å²) in [7, 11) is 0. The predicted molar refractivity (Wildman–Crippen MR) is 140 cm³/mol. The molecule has 1 N–H and O–H groups in total. The number of rotatable bonds is 5. The van der Waals surface area contributed by atoms with E-state index < -0.39 is 0 Å². The molecular weight excluding hydrogens is 458 g/mol. The van der Waals surface area contributed by atoms with E-state index in [1.165, 1.54) is 10.5 Å². The van der Waals surface area contributed by atoms with E-state index in [4.69, 9.17) is 11.6 Å². The highest BCUT2D eigenvalue weighted by atomic mass is 35.5. The zero-order valence-corrected chi connectivity index (χ0v) is 19.8. The van der Waals surface area contributed by atoms with Crippen LogP contribution in [0.2, 0.25) is 5.02 Å². The van der Waals surface area contributed by atoms with Crippen LogP contribution in [0.5, 0.6) is 0 Å². The Morgan fingerprint density at radius 1 is 0.857 bits per heavy atom. The van der Waals surface area contributed by atoms with Crippen molar-refractivity contribution in [1.82, 2.24) is 4.90 Å². The Labute approximate surface area is 208 Å². The molecule has 2 heterocycles. The smallest absolute Gasteiger partial charge is 0.265 e. The van der Waals surface area contributed by atoms with Gasteiger partial charge in [-0.2, -0.15) is 0 Å². The lowest BCUT2D eigenvalue weighted by Gasteiger charge is -2.28. The third-order valence-corrected chi connectivity index (χ3v) is 7.09. The number of imide groups is 1. The number of benzene rings is 4. The van der Waals surface area contributed by atoms with Crippen LogP contribution < -0.4 is 10.2 Å². The van der Waals surface area contributed by atoms with E-state index in [9.17, 15) is 9.59 Å². The molecular formula is C29H24ClN3O2. The summed E-state index contributed by atoms with van der Waals surface area (Å²) in [6.07, 6.45) is 1.04. The van der Waals surface area contributed by atoms with Crippen LogP contribution in [0.3, 0.4) is 0 Å². The van der Waals surface area contributed by atoms with Crippen LogP contribution in [0, 0.1) is 0 Å². The van der Waals surface area contributed by atoms with E-state index in [0.29, 0.717) is 33.3 Å². The van der Waals surface area contributed by atoms with Gasteiger partial charge in [-0.25, -0.2) is 4.90 Å². The molecule has 1 fully saturated rings. The molecule has 0 bridgehead atoms. The first kappa shape index (κ1) is 21.8. The number of hydrogen-bond donors (Lipinski definition) is 1. The number of halogens is 1. The third kappa shape index (κ3) is 3.97. The molecule has 35 heavy (non-hydrogen) atoms. The van der Waals surface area contributed by atoms with Crippen molar-refractivity contribution in [3.05, 3.63) is 107 Å². The Morgan fingerprint density at radius 2 is 1.63 bits per heavy atom. The number of carbonyl (C=O) groups is 2. The zero-order chi connectivity index (χ0) is 23.9. The molecule has 174 valence electrons. The molecule has 1 atom stereocenters. The number of anilines is 2. The normalized spacial score (nSPS) is 17.9. The molecule has 5 nitrogen and oxygen atoms in total. The number of hydrogen-bond acceptors (Lipinski definition) is 4. The van der Waals surface area contributed by atoms with Gasteiger partial charge in [0, 0.05) is 58.3 Å². The summed E-state index contributed by atoms with van der Waals surface area (Å²) in [6, 6.07) is 27.1. The van der Waals surface area contributed by atoms with Gasteiger partial charge in [-0.1, -0.05) is 60.1 Å². The number of amides is 2. The van der Waals surface area contributed by atoms with Gasteiger partial charge in [0.15, 0.2) is 0 Å². The predicted octanol–water partition coefficient (Wildman–Crippen LogP) is 5.98. The molecule has 2 aliphatic rings. The molecule has 4 aromatic carbocycles. The minimum atomic E-state index is -0.331. The van der Waals surface area contributed by atoms with Crippen molar-refractivity contribution in [3.8, 4) is 0 Å². The van der Waals surface area contributed by atoms with Gasteiger partial charge in [0.05, 0.1) is 5.69 Å². The van der Waals surface area contributed by atoms with Gasteiger partial charge in [-0.05, 0) is 48.4 Å². The van der Waals surface area contributed by atoms with Crippen LogP contribution in [0.4, 0.5) is 11.4 Å². The van der Waals surface area contributed by atoms with E-state index in [1.807, 2.05) is 30.3 Å². The van der Waals surface area contributed by atoms with Gasteiger partial charge in [0.2, 0.25) is 0 Å². The molecule has 4 aromatic rings. The van der Waals surface area contributed by atoms with Gasteiger partial charge < -0.3 is 5.32 Å². The Balaban J connectivity index is 1.29. The van der Waals surface area contributed by atoms with Crippen LogP contribution in [0.1, 0.15) is 32.7 Å². The fourth-order valence-electron chi connectivity index (χ4n) is 5.23. The van der Waals surface area contributed by atoms with Crippen molar-refractivity contribution >= 4 is 45.6 Å². The van der Waals surface area contributed by atoms with E-state index in [-0.39, 0.29) is 11.8 Å². The molecule has 0 aliphatic carbocycles. The molecule has 0 aromatic heterocycles. The van der Waals surface area contributed by atoms with E-state index in [1.54, 1.807) is 30.3 Å². The lowest BCUT2D eigenvalue weighted by Crippen LogP contribution is -2.40. The Bertz CT molecular complexity index is 1430. The second-order valence-corrected chi connectivity index (χ2v) is 9.60. The van der Waals surface area contributed by atoms with Gasteiger partial charge in [0.1, 0.15) is 0 Å². The molecule has 0 spiro atoms. The molecule has 2 amide bonds. The molecule has 1 unspecified atom stereocenters. The second kappa shape index (κ2) is 8.84. The summed E-state index contributed by atoms with van der Waals surface area (Å²) in [5, 5.41) is 5.77. The first-order chi connectivity index (χ1) is 17.1.